The number of fused-ring (bicyclic) bond motifs is 2. The molecule has 114 valence electrons. The number of hydrogen-bond acceptors (Lipinski definition) is 4. The van der Waals surface area contributed by atoms with Gasteiger partial charge in [0.2, 0.25) is 6.41 Å². The minimum absolute atomic E-state index is 0.498. The Morgan fingerprint density at radius 3 is 3.09 bits per heavy atom. The molecule has 0 aliphatic rings. The van der Waals surface area contributed by atoms with Crippen LogP contribution in [0.3, 0.4) is 0 Å². The van der Waals surface area contributed by atoms with Crippen molar-refractivity contribution in [1.29, 1.82) is 0 Å². The molecular weight excluding hydrogens is 294 g/mol. The van der Waals surface area contributed by atoms with Crippen LogP contribution in [0.2, 0.25) is 0 Å². The zero-order chi connectivity index (χ0) is 15.8. The molecule has 0 aromatic carbocycles. The maximum absolute atomic E-state index is 10.5. The number of pyridine rings is 2. The first-order valence-electron chi connectivity index (χ1n) is 6.99. The fourth-order valence-electron chi connectivity index (χ4n) is 2.68. The quantitative estimate of drug-likeness (QED) is 0.567. The molecule has 1 amide bonds. The summed E-state index contributed by atoms with van der Waals surface area (Å²) in [7, 11) is 1.64. The third-order valence-corrected chi connectivity index (χ3v) is 3.75. The summed E-state index contributed by atoms with van der Waals surface area (Å²) in [6.45, 7) is 0. The van der Waals surface area contributed by atoms with Crippen molar-refractivity contribution in [3.8, 4) is 16.9 Å². The van der Waals surface area contributed by atoms with Gasteiger partial charge in [0.15, 0.2) is 0 Å². The highest BCUT2D eigenvalue weighted by molar-refractivity contribution is 5.96. The average Bonchev–Trinajstić information content (AvgIpc) is 3.19. The topological polar surface area (TPSA) is 84.3 Å². The molecule has 0 fully saturated rings. The molecule has 4 aromatic heterocycles. The largest absolute Gasteiger partial charge is 0.496 e. The Balaban J connectivity index is 1.92. The lowest BCUT2D eigenvalue weighted by Crippen LogP contribution is -1.96. The molecule has 2 N–H and O–H groups in total. The van der Waals surface area contributed by atoms with Gasteiger partial charge in [-0.15, -0.1) is 0 Å². The molecule has 0 saturated carbocycles. The van der Waals surface area contributed by atoms with E-state index in [-0.39, 0.29) is 0 Å². The van der Waals surface area contributed by atoms with Gasteiger partial charge in [0.05, 0.1) is 7.11 Å². The summed E-state index contributed by atoms with van der Waals surface area (Å²) in [5.74, 6) is 1.23. The number of imidazole rings is 1. The Morgan fingerprint density at radius 1 is 1.35 bits per heavy atom. The smallest absolute Gasteiger partial charge is 0.212 e. The van der Waals surface area contributed by atoms with Crippen LogP contribution >= 0.6 is 0 Å². The van der Waals surface area contributed by atoms with Gasteiger partial charge in [-0.25, -0.2) is 9.97 Å². The van der Waals surface area contributed by atoms with Crippen LogP contribution in [0.25, 0.3) is 27.8 Å². The number of anilines is 1. The highest BCUT2D eigenvalue weighted by Gasteiger charge is 2.14. The van der Waals surface area contributed by atoms with E-state index >= 15 is 0 Å². The Hall–Kier alpha value is -3.35. The van der Waals surface area contributed by atoms with Crippen LogP contribution in [0, 0.1) is 0 Å². The zero-order valence-electron chi connectivity index (χ0n) is 12.3. The molecule has 0 unspecified atom stereocenters. The molecule has 4 aromatic rings. The molecule has 4 rings (SSSR count). The standard InChI is InChI=1S/C16H13N5O2/c1-23-13-6-15-17-4-5-21(15)8-12(13)11-7-18-16-10(11)2-3-14(20-16)19-9-22/h2-9H,1H3,(H2,18,19,20,22). The van der Waals surface area contributed by atoms with Gasteiger partial charge in [-0.3, -0.25) is 4.79 Å². The third kappa shape index (κ3) is 2.10. The Kier molecular flexibility index (Phi) is 2.97. The number of hydrogen-bond donors (Lipinski definition) is 2. The van der Waals surface area contributed by atoms with E-state index in [0.29, 0.717) is 17.9 Å². The fourth-order valence-corrected chi connectivity index (χ4v) is 2.68. The molecule has 0 aliphatic carbocycles. The Bertz CT molecular complexity index is 1020. The first-order valence-corrected chi connectivity index (χ1v) is 6.99. The number of carbonyl (C=O) groups excluding carboxylic acids is 1. The summed E-state index contributed by atoms with van der Waals surface area (Å²) in [5.41, 5.74) is 3.42. The number of rotatable bonds is 4. The van der Waals surface area contributed by atoms with E-state index in [1.54, 1.807) is 19.4 Å². The highest BCUT2D eigenvalue weighted by Crippen LogP contribution is 2.35. The number of H-pyrrole nitrogens is 1. The molecule has 0 bridgehead atoms. The van der Waals surface area contributed by atoms with Crippen molar-refractivity contribution < 1.29 is 9.53 Å². The number of nitrogens with zero attached hydrogens (tertiary/aromatic N) is 3. The second-order valence-electron chi connectivity index (χ2n) is 5.01. The molecule has 0 spiro atoms. The van der Waals surface area contributed by atoms with Gasteiger partial charge in [0, 0.05) is 47.4 Å². The lowest BCUT2D eigenvalue weighted by atomic mass is 10.1. The number of carbonyl (C=O) groups is 1. The fraction of sp³-hybridized carbons (Fsp3) is 0.0625. The van der Waals surface area contributed by atoms with Crippen LogP contribution in [0.15, 0.2) is 43.0 Å². The molecule has 0 saturated heterocycles. The van der Waals surface area contributed by atoms with Gasteiger partial charge >= 0.3 is 0 Å². The van der Waals surface area contributed by atoms with Crippen molar-refractivity contribution in [3.05, 3.63) is 43.0 Å². The number of ether oxygens (including phenoxy) is 1. The molecule has 0 atom stereocenters. The first-order chi connectivity index (χ1) is 11.3. The Morgan fingerprint density at radius 2 is 2.26 bits per heavy atom. The second-order valence-corrected chi connectivity index (χ2v) is 5.01. The zero-order valence-corrected chi connectivity index (χ0v) is 12.3. The van der Waals surface area contributed by atoms with Crippen molar-refractivity contribution in [1.82, 2.24) is 19.4 Å². The molecule has 0 radical (unpaired) electrons. The monoisotopic (exact) mass is 307 g/mol. The summed E-state index contributed by atoms with van der Waals surface area (Å²) in [6.07, 6.45) is 8.09. The predicted molar refractivity (Wildman–Crippen MR) is 86.5 cm³/mol. The van der Waals surface area contributed by atoms with Gasteiger partial charge in [-0.05, 0) is 12.1 Å². The minimum atomic E-state index is 0.498. The van der Waals surface area contributed by atoms with Crippen LogP contribution in [0.5, 0.6) is 5.75 Å². The number of aromatic amines is 1. The summed E-state index contributed by atoms with van der Waals surface area (Å²) in [6, 6.07) is 5.57. The highest BCUT2D eigenvalue weighted by atomic mass is 16.5. The Labute approximate surface area is 130 Å². The third-order valence-electron chi connectivity index (χ3n) is 3.75. The number of amides is 1. The predicted octanol–water partition coefficient (Wildman–Crippen LogP) is 2.45. The van der Waals surface area contributed by atoms with Crippen molar-refractivity contribution in [3.63, 3.8) is 0 Å². The molecule has 7 heteroatoms. The number of aromatic nitrogens is 4. The minimum Gasteiger partial charge on any atom is -0.496 e. The summed E-state index contributed by atoms with van der Waals surface area (Å²) in [5, 5.41) is 3.49. The van der Waals surface area contributed by atoms with Crippen LogP contribution in [-0.2, 0) is 4.79 Å². The lowest BCUT2D eigenvalue weighted by Gasteiger charge is -2.09. The summed E-state index contributed by atoms with van der Waals surface area (Å²) < 4.78 is 7.45. The molecule has 0 aliphatic heterocycles. The van der Waals surface area contributed by atoms with Crippen molar-refractivity contribution in [2.45, 2.75) is 0 Å². The molecule has 7 nitrogen and oxygen atoms in total. The normalized spacial score (nSPS) is 11.0. The molecule has 4 heterocycles. The maximum Gasteiger partial charge on any atom is 0.212 e. The number of nitrogens with one attached hydrogen (secondary N) is 2. The summed E-state index contributed by atoms with van der Waals surface area (Å²) in [4.78, 5) is 22.3. The summed E-state index contributed by atoms with van der Waals surface area (Å²) >= 11 is 0. The van der Waals surface area contributed by atoms with Gasteiger partial charge in [-0.1, -0.05) is 0 Å². The van der Waals surface area contributed by atoms with Gasteiger partial charge in [0.1, 0.15) is 22.9 Å². The number of methoxy groups -OCH3 is 1. The molecular formula is C16H13N5O2. The maximum atomic E-state index is 10.5. The van der Waals surface area contributed by atoms with Crippen molar-refractivity contribution in [2.24, 2.45) is 0 Å². The van der Waals surface area contributed by atoms with E-state index in [0.717, 1.165) is 27.9 Å². The van der Waals surface area contributed by atoms with Crippen molar-refractivity contribution in [2.75, 3.05) is 12.4 Å². The van der Waals surface area contributed by atoms with E-state index in [4.69, 9.17) is 4.74 Å². The van der Waals surface area contributed by atoms with Crippen LogP contribution in [0.1, 0.15) is 0 Å². The van der Waals surface area contributed by atoms with Crippen LogP contribution in [-0.4, -0.2) is 32.9 Å². The lowest BCUT2D eigenvalue weighted by molar-refractivity contribution is -0.105. The van der Waals surface area contributed by atoms with Gasteiger partial charge < -0.3 is 19.4 Å². The van der Waals surface area contributed by atoms with E-state index in [2.05, 4.69) is 20.3 Å². The first kappa shape index (κ1) is 13.3. The van der Waals surface area contributed by atoms with Crippen LogP contribution < -0.4 is 10.1 Å². The van der Waals surface area contributed by atoms with E-state index < -0.39 is 0 Å². The second kappa shape index (κ2) is 5.13. The van der Waals surface area contributed by atoms with Crippen molar-refractivity contribution >= 4 is 28.9 Å². The van der Waals surface area contributed by atoms with Crippen LogP contribution in [0.4, 0.5) is 5.82 Å². The SMILES string of the molecule is COc1cc2nccn2cc1-c1c[nH]c2nc(NC=O)ccc12. The molecule has 23 heavy (non-hydrogen) atoms. The van der Waals surface area contributed by atoms with E-state index in [9.17, 15) is 4.79 Å². The average molecular weight is 307 g/mol. The van der Waals surface area contributed by atoms with Gasteiger partial charge in [-0.2, -0.15) is 0 Å². The van der Waals surface area contributed by atoms with Gasteiger partial charge in [0.25, 0.3) is 0 Å². The van der Waals surface area contributed by atoms with E-state index in [1.807, 2.05) is 35.1 Å². The van der Waals surface area contributed by atoms with E-state index in [1.165, 1.54) is 0 Å².